The van der Waals surface area contributed by atoms with Crippen LogP contribution in [0.4, 0.5) is 0 Å². The highest BCUT2D eigenvalue weighted by molar-refractivity contribution is 4.82. The lowest BCUT2D eigenvalue weighted by atomic mass is 10.2. The number of ether oxygens (including phenoxy) is 1. The van der Waals surface area contributed by atoms with Crippen LogP contribution < -0.4 is 5.32 Å². The van der Waals surface area contributed by atoms with E-state index >= 15 is 0 Å². The van der Waals surface area contributed by atoms with Gasteiger partial charge in [-0.3, -0.25) is 4.90 Å². The van der Waals surface area contributed by atoms with Crippen molar-refractivity contribution in [1.29, 1.82) is 0 Å². The van der Waals surface area contributed by atoms with E-state index in [0.29, 0.717) is 12.1 Å². The van der Waals surface area contributed by atoms with Crippen LogP contribution >= 0.6 is 0 Å². The number of rotatable bonds is 5. The summed E-state index contributed by atoms with van der Waals surface area (Å²) in [5.41, 5.74) is 0. The standard InChI is InChI=1S/C12H24N2O/c1-10(2)14(7-11-3-4-11)8-12-9-15-6-5-13-12/h10-13H,3-9H2,1-2H3. The minimum Gasteiger partial charge on any atom is -0.378 e. The van der Waals surface area contributed by atoms with Gasteiger partial charge in [-0.15, -0.1) is 0 Å². The van der Waals surface area contributed by atoms with Crippen molar-refractivity contribution in [2.24, 2.45) is 5.92 Å². The maximum absolute atomic E-state index is 5.49. The van der Waals surface area contributed by atoms with Gasteiger partial charge in [-0.1, -0.05) is 0 Å². The van der Waals surface area contributed by atoms with Crippen molar-refractivity contribution in [1.82, 2.24) is 10.2 Å². The number of hydrogen-bond acceptors (Lipinski definition) is 3. The first-order valence-corrected chi connectivity index (χ1v) is 6.31. The van der Waals surface area contributed by atoms with E-state index in [0.717, 1.165) is 32.2 Å². The molecule has 1 aliphatic heterocycles. The van der Waals surface area contributed by atoms with Crippen LogP contribution in [-0.2, 0) is 4.74 Å². The molecular formula is C12H24N2O. The van der Waals surface area contributed by atoms with E-state index in [-0.39, 0.29) is 0 Å². The van der Waals surface area contributed by atoms with Crippen LogP contribution in [0.2, 0.25) is 0 Å². The van der Waals surface area contributed by atoms with Gasteiger partial charge in [0.25, 0.3) is 0 Å². The van der Waals surface area contributed by atoms with E-state index in [1.54, 1.807) is 0 Å². The monoisotopic (exact) mass is 212 g/mol. The van der Waals surface area contributed by atoms with Crippen LogP contribution in [0, 0.1) is 5.92 Å². The molecule has 1 atom stereocenters. The molecule has 0 aromatic heterocycles. The second-order valence-electron chi connectivity index (χ2n) is 5.22. The Morgan fingerprint density at radius 3 is 2.67 bits per heavy atom. The molecule has 0 aromatic rings. The molecule has 0 aromatic carbocycles. The molecule has 0 bridgehead atoms. The van der Waals surface area contributed by atoms with E-state index in [9.17, 15) is 0 Å². The highest BCUT2D eigenvalue weighted by Crippen LogP contribution is 2.30. The molecule has 1 aliphatic carbocycles. The molecule has 1 saturated heterocycles. The summed E-state index contributed by atoms with van der Waals surface area (Å²) in [6, 6.07) is 1.20. The van der Waals surface area contributed by atoms with Gasteiger partial charge in [0.15, 0.2) is 0 Å². The summed E-state index contributed by atoms with van der Waals surface area (Å²) in [4.78, 5) is 2.60. The normalized spacial score (nSPS) is 27.6. The fourth-order valence-corrected chi connectivity index (χ4v) is 2.15. The number of nitrogens with zero attached hydrogens (tertiary/aromatic N) is 1. The smallest absolute Gasteiger partial charge is 0.0632 e. The van der Waals surface area contributed by atoms with Crippen molar-refractivity contribution in [3.8, 4) is 0 Å². The van der Waals surface area contributed by atoms with Gasteiger partial charge >= 0.3 is 0 Å². The Kier molecular flexibility index (Phi) is 4.00. The average molecular weight is 212 g/mol. The number of nitrogens with one attached hydrogen (secondary N) is 1. The molecule has 1 heterocycles. The molecule has 1 unspecified atom stereocenters. The number of morpholine rings is 1. The minimum atomic E-state index is 0.542. The van der Waals surface area contributed by atoms with E-state index in [1.807, 2.05) is 0 Å². The second-order valence-corrected chi connectivity index (χ2v) is 5.22. The van der Waals surface area contributed by atoms with Gasteiger partial charge in [0.2, 0.25) is 0 Å². The van der Waals surface area contributed by atoms with Gasteiger partial charge in [0.1, 0.15) is 0 Å². The zero-order valence-corrected chi connectivity index (χ0v) is 10.0. The Balaban J connectivity index is 1.75. The molecule has 0 radical (unpaired) electrons. The molecule has 0 amide bonds. The molecular weight excluding hydrogens is 188 g/mol. The summed E-state index contributed by atoms with van der Waals surface area (Å²) in [6.45, 7) is 9.80. The summed E-state index contributed by atoms with van der Waals surface area (Å²) >= 11 is 0. The average Bonchev–Trinajstić information content (AvgIpc) is 3.02. The maximum atomic E-state index is 5.49. The van der Waals surface area contributed by atoms with Gasteiger partial charge in [0, 0.05) is 31.7 Å². The Morgan fingerprint density at radius 1 is 1.33 bits per heavy atom. The highest BCUT2D eigenvalue weighted by Gasteiger charge is 2.27. The fourth-order valence-electron chi connectivity index (χ4n) is 2.15. The van der Waals surface area contributed by atoms with Crippen LogP contribution in [0.1, 0.15) is 26.7 Å². The molecule has 3 heteroatoms. The summed E-state index contributed by atoms with van der Waals surface area (Å²) in [5.74, 6) is 0.983. The third kappa shape index (κ3) is 3.74. The van der Waals surface area contributed by atoms with Crippen LogP contribution in [-0.4, -0.2) is 49.8 Å². The van der Waals surface area contributed by atoms with E-state index in [1.165, 1.54) is 19.4 Å². The molecule has 2 aliphatic rings. The second kappa shape index (κ2) is 5.28. The van der Waals surface area contributed by atoms with Crippen molar-refractivity contribution in [3.05, 3.63) is 0 Å². The highest BCUT2D eigenvalue weighted by atomic mass is 16.5. The first-order valence-electron chi connectivity index (χ1n) is 6.31. The predicted molar refractivity (Wildman–Crippen MR) is 62.0 cm³/mol. The molecule has 0 spiro atoms. The fraction of sp³-hybridized carbons (Fsp3) is 1.00. The molecule has 1 saturated carbocycles. The maximum Gasteiger partial charge on any atom is 0.0632 e. The van der Waals surface area contributed by atoms with Gasteiger partial charge < -0.3 is 10.1 Å². The van der Waals surface area contributed by atoms with Crippen LogP contribution in [0.25, 0.3) is 0 Å². The first-order chi connectivity index (χ1) is 7.25. The Labute approximate surface area is 93.2 Å². The lowest BCUT2D eigenvalue weighted by Gasteiger charge is -2.33. The SMILES string of the molecule is CC(C)N(CC1CC1)CC1COCCN1. The zero-order chi connectivity index (χ0) is 10.7. The summed E-state index contributed by atoms with van der Waals surface area (Å²) < 4.78 is 5.49. The third-order valence-electron chi connectivity index (χ3n) is 3.37. The minimum absolute atomic E-state index is 0.542. The number of hydrogen-bond donors (Lipinski definition) is 1. The van der Waals surface area contributed by atoms with Gasteiger partial charge in [0.05, 0.1) is 13.2 Å². The van der Waals surface area contributed by atoms with Crippen molar-refractivity contribution in [2.45, 2.75) is 38.8 Å². The van der Waals surface area contributed by atoms with Gasteiger partial charge in [-0.25, -0.2) is 0 Å². The lowest BCUT2D eigenvalue weighted by molar-refractivity contribution is 0.0558. The molecule has 15 heavy (non-hydrogen) atoms. The summed E-state index contributed by atoms with van der Waals surface area (Å²) in [5, 5.41) is 3.53. The van der Waals surface area contributed by atoms with E-state index in [2.05, 4.69) is 24.1 Å². The van der Waals surface area contributed by atoms with Crippen molar-refractivity contribution >= 4 is 0 Å². The quantitative estimate of drug-likeness (QED) is 0.738. The third-order valence-corrected chi connectivity index (χ3v) is 3.37. The zero-order valence-electron chi connectivity index (χ0n) is 10.0. The van der Waals surface area contributed by atoms with Gasteiger partial charge in [-0.05, 0) is 32.6 Å². The topological polar surface area (TPSA) is 24.5 Å². The molecule has 88 valence electrons. The summed E-state index contributed by atoms with van der Waals surface area (Å²) in [7, 11) is 0. The molecule has 2 fully saturated rings. The molecule has 2 rings (SSSR count). The Hall–Kier alpha value is -0.120. The first kappa shape index (κ1) is 11.4. The Morgan fingerprint density at radius 2 is 2.13 bits per heavy atom. The molecule has 3 nitrogen and oxygen atoms in total. The predicted octanol–water partition coefficient (Wildman–Crippen LogP) is 1.10. The van der Waals surface area contributed by atoms with Crippen molar-refractivity contribution in [3.63, 3.8) is 0 Å². The van der Waals surface area contributed by atoms with Gasteiger partial charge in [-0.2, -0.15) is 0 Å². The lowest BCUT2D eigenvalue weighted by Crippen LogP contribution is -2.50. The van der Waals surface area contributed by atoms with Crippen molar-refractivity contribution in [2.75, 3.05) is 32.8 Å². The van der Waals surface area contributed by atoms with Crippen molar-refractivity contribution < 1.29 is 4.74 Å². The Bertz CT molecular complexity index is 186. The van der Waals surface area contributed by atoms with Crippen LogP contribution in [0.15, 0.2) is 0 Å². The molecule has 1 N–H and O–H groups in total. The van der Waals surface area contributed by atoms with E-state index < -0.39 is 0 Å². The van der Waals surface area contributed by atoms with E-state index in [4.69, 9.17) is 4.74 Å². The van der Waals surface area contributed by atoms with Crippen LogP contribution in [0.5, 0.6) is 0 Å². The van der Waals surface area contributed by atoms with Crippen LogP contribution in [0.3, 0.4) is 0 Å². The largest absolute Gasteiger partial charge is 0.378 e. The summed E-state index contributed by atoms with van der Waals surface area (Å²) in [6.07, 6.45) is 2.88.